The van der Waals surface area contributed by atoms with Crippen molar-refractivity contribution in [1.82, 2.24) is 0 Å². The molecule has 0 atom stereocenters. The molecule has 0 aromatic carbocycles. The number of rotatable bonds is 1. The molecule has 3 heteroatoms. The molecule has 2 aliphatic rings. The number of hydrogen-bond donors (Lipinski definition) is 0. The average molecular weight is 471 g/mol. The molecule has 0 aromatic rings. The van der Waals surface area contributed by atoms with Gasteiger partial charge in [-0.25, -0.2) is 0 Å². The van der Waals surface area contributed by atoms with Crippen LogP contribution >= 0.6 is 13.2 Å². The predicted octanol–water partition coefficient (Wildman–Crippen LogP) is 7.51. The summed E-state index contributed by atoms with van der Waals surface area (Å²) in [5.41, 5.74) is 0. The number of halogens is 1. The van der Waals surface area contributed by atoms with E-state index < -0.39 is 0 Å². The van der Waals surface area contributed by atoms with Gasteiger partial charge in [-0.2, -0.15) is 5.75 Å². The average Bonchev–Trinajstić information content (AvgIpc) is 2.94. The van der Waals surface area contributed by atoms with Crippen molar-refractivity contribution in [3.8, 4) is 0 Å². The Morgan fingerprint density at radius 3 is 0.692 bits per heavy atom. The third-order valence-corrected chi connectivity index (χ3v) is 5.98. The van der Waals surface area contributed by atoms with Gasteiger partial charge in [-0.1, -0.05) is 69.2 Å². The molecule has 144 valence electrons. The third kappa shape index (κ3) is 8.34. The molecule has 0 nitrogen and oxygen atoms in total. The molecule has 2 rings (SSSR count). The van der Waals surface area contributed by atoms with Crippen LogP contribution in [0.5, 0.6) is 0 Å². The Hall–Kier alpha value is 1.28. The molecule has 0 aliphatic heterocycles. The molecule has 0 unspecified atom stereocenters. The summed E-state index contributed by atoms with van der Waals surface area (Å²) in [6.45, 7) is 25.4. The Kier molecular flexibility index (Phi) is 17.2. The standard InChI is InChI=1S/2C10H15.C3H6S.BrH.Ti/c2*1-6-7(2)9(4)10(5)8(6)3;1-2-3-4;;/h2*1-5H3;2,4H,1,3H2;1H;/q;;;;+2/p-2. The van der Waals surface area contributed by atoms with Crippen molar-refractivity contribution in [1.29, 1.82) is 0 Å². The summed E-state index contributed by atoms with van der Waals surface area (Å²) in [7, 11) is 0. The SMILES string of the molecule is C=CC[S-].C[C]1[C](C)[C](C)[C](C)[C]1C.C[C]1[C](C)[C](C)[C](C)[C]1C.[Ti+][Br]. The van der Waals surface area contributed by atoms with E-state index in [1.54, 1.807) is 6.08 Å². The van der Waals surface area contributed by atoms with E-state index in [0.717, 1.165) is 0 Å². The summed E-state index contributed by atoms with van der Waals surface area (Å²) in [4.78, 5) is 0. The molecule has 0 spiro atoms. The zero-order valence-electron chi connectivity index (χ0n) is 18.3. The molecule has 2 saturated carbocycles. The molecule has 0 bridgehead atoms. The molecule has 10 radical (unpaired) electrons. The van der Waals surface area contributed by atoms with E-state index in [1.807, 2.05) is 18.3 Å². The summed E-state index contributed by atoms with van der Waals surface area (Å²) >= 11 is 9.19. The van der Waals surface area contributed by atoms with Crippen LogP contribution in [0.1, 0.15) is 69.2 Å². The summed E-state index contributed by atoms with van der Waals surface area (Å²) in [5, 5.41) is 0. The topological polar surface area (TPSA) is 0 Å². The van der Waals surface area contributed by atoms with E-state index in [2.05, 4.69) is 102 Å². The minimum atomic E-state index is 0.667. The maximum absolute atomic E-state index is 4.44. The van der Waals surface area contributed by atoms with E-state index in [4.69, 9.17) is 0 Å². The quantitative estimate of drug-likeness (QED) is 0.217. The summed E-state index contributed by atoms with van der Waals surface area (Å²) < 4.78 is 0. The zero-order chi connectivity index (χ0) is 21.2. The maximum atomic E-state index is 4.44. The Bertz CT molecular complexity index is 242. The van der Waals surface area contributed by atoms with E-state index >= 15 is 0 Å². The number of hydrogen-bond acceptors (Lipinski definition) is 1. The van der Waals surface area contributed by atoms with E-state index in [0.29, 0.717) is 5.75 Å². The first kappa shape index (κ1) is 29.5. The van der Waals surface area contributed by atoms with Crippen LogP contribution < -0.4 is 0 Å². The molecular formula is C23H35BrSTi. The van der Waals surface area contributed by atoms with Crippen LogP contribution in [0.3, 0.4) is 0 Å². The molecule has 0 amide bonds. The summed E-state index contributed by atoms with van der Waals surface area (Å²) in [6.07, 6.45) is 1.69. The molecular weight excluding hydrogens is 436 g/mol. The van der Waals surface area contributed by atoms with Gasteiger partial charge in [-0.05, 0) is 59.2 Å². The normalized spacial score (nSPS) is 23.0. The third-order valence-electron chi connectivity index (χ3n) is 5.74. The van der Waals surface area contributed by atoms with Gasteiger partial charge in [-0.15, -0.1) is 12.7 Å². The second kappa shape index (κ2) is 15.2. The van der Waals surface area contributed by atoms with Gasteiger partial charge in [0.1, 0.15) is 0 Å². The Labute approximate surface area is 190 Å². The summed E-state index contributed by atoms with van der Waals surface area (Å²) in [5.74, 6) is 15.3. The van der Waals surface area contributed by atoms with Crippen molar-refractivity contribution in [3.63, 3.8) is 0 Å². The zero-order valence-corrected chi connectivity index (χ0v) is 22.2. The molecule has 0 N–H and O–H groups in total. The fourth-order valence-corrected chi connectivity index (χ4v) is 2.81. The Balaban J connectivity index is 0. The second-order valence-electron chi connectivity index (χ2n) is 6.71. The first-order valence-electron chi connectivity index (χ1n) is 8.79. The van der Waals surface area contributed by atoms with Crippen LogP contribution in [0.25, 0.3) is 0 Å². The van der Waals surface area contributed by atoms with Gasteiger partial charge in [0.05, 0.1) is 0 Å². The van der Waals surface area contributed by atoms with Gasteiger partial charge in [0.15, 0.2) is 0 Å². The van der Waals surface area contributed by atoms with Crippen molar-refractivity contribution < 1.29 is 18.3 Å². The van der Waals surface area contributed by atoms with Gasteiger partial charge in [-0.3, -0.25) is 0 Å². The van der Waals surface area contributed by atoms with Crippen molar-refractivity contribution in [2.45, 2.75) is 69.2 Å². The molecule has 26 heavy (non-hydrogen) atoms. The van der Waals surface area contributed by atoms with Gasteiger partial charge in [0.2, 0.25) is 0 Å². The summed E-state index contributed by atoms with van der Waals surface area (Å²) in [6, 6.07) is 0. The van der Waals surface area contributed by atoms with Gasteiger partial charge >= 0.3 is 31.5 Å². The van der Waals surface area contributed by atoms with Crippen molar-refractivity contribution in [3.05, 3.63) is 71.8 Å². The molecule has 0 aromatic heterocycles. The van der Waals surface area contributed by atoms with Crippen molar-refractivity contribution >= 4 is 25.8 Å². The van der Waals surface area contributed by atoms with Gasteiger partial charge in [0.25, 0.3) is 0 Å². The monoisotopic (exact) mass is 470 g/mol. The molecule has 2 aliphatic carbocycles. The van der Waals surface area contributed by atoms with Crippen LogP contribution in [0.2, 0.25) is 0 Å². The second-order valence-corrected chi connectivity index (χ2v) is 7.04. The predicted molar refractivity (Wildman–Crippen MR) is 121 cm³/mol. The van der Waals surface area contributed by atoms with Crippen LogP contribution in [0, 0.1) is 59.2 Å². The molecule has 0 saturated heterocycles. The molecule has 2 fully saturated rings. The Morgan fingerprint density at radius 1 is 0.577 bits per heavy atom. The first-order chi connectivity index (χ1) is 12.0. The van der Waals surface area contributed by atoms with E-state index in [1.165, 1.54) is 59.2 Å². The van der Waals surface area contributed by atoms with Gasteiger partial charge in [0, 0.05) is 0 Å². The van der Waals surface area contributed by atoms with Crippen molar-refractivity contribution in [2.75, 3.05) is 5.75 Å². The Morgan fingerprint density at radius 2 is 0.654 bits per heavy atom. The van der Waals surface area contributed by atoms with Crippen LogP contribution in [0.4, 0.5) is 0 Å². The first-order valence-corrected chi connectivity index (χ1v) is 13.2. The fourth-order valence-electron chi connectivity index (χ4n) is 2.81. The van der Waals surface area contributed by atoms with E-state index in [-0.39, 0.29) is 0 Å². The van der Waals surface area contributed by atoms with Crippen molar-refractivity contribution in [2.24, 2.45) is 0 Å². The van der Waals surface area contributed by atoms with Gasteiger partial charge < -0.3 is 12.6 Å². The van der Waals surface area contributed by atoms with Crippen LogP contribution in [-0.4, -0.2) is 5.75 Å². The van der Waals surface area contributed by atoms with Crippen LogP contribution in [0.15, 0.2) is 12.7 Å². The van der Waals surface area contributed by atoms with Crippen LogP contribution in [-0.2, 0) is 31.0 Å². The fraction of sp³-hybridized carbons (Fsp3) is 0.478. The molecule has 0 heterocycles. The van der Waals surface area contributed by atoms with E-state index in [9.17, 15) is 0 Å². The minimum absolute atomic E-state index is 0.667.